The molecule has 0 saturated heterocycles. The first-order valence-electron chi connectivity index (χ1n) is 11.0. The van der Waals surface area contributed by atoms with Gasteiger partial charge in [0.15, 0.2) is 0 Å². The van der Waals surface area contributed by atoms with Crippen LogP contribution in [0.25, 0.3) is 0 Å². The Bertz CT molecular complexity index is 698. The van der Waals surface area contributed by atoms with E-state index in [9.17, 15) is 4.79 Å². The minimum atomic E-state index is -0.165. The van der Waals surface area contributed by atoms with Gasteiger partial charge >= 0.3 is 0 Å². The molecule has 5 heteroatoms. The molecule has 1 atom stereocenters. The summed E-state index contributed by atoms with van der Waals surface area (Å²) in [5.41, 5.74) is 3.12. The molecule has 1 aromatic rings. The van der Waals surface area contributed by atoms with E-state index < -0.39 is 0 Å². The monoisotopic (exact) mass is 390 g/mol. The van der Waals surface area contributed by atoms with Crippen molar-refractivity contribution < 1.29 is 4.79 Å². The zero-order valence-corrected chi connectivity index (χ0v) is 19.7. The predicted octanol–water partition coefficient (Wildman–Crippen LogP) is 4.64. The smallest absolute Gasteiger partial charge is 0.270 e. The van der Waals surface area contributed by atoms with Crippen molar-refractivity contribution in [3.8, 4) is 0 Å². The summed E-state index contributed by atoms with van der Waals surface area (Å²) >= 11 is 0. The first-order chi connectivity index (χ1) is 12.9. The standard InChI is InChI=1S/C21H36N4O.C2H6/c1-8-21(12-19(2,3)4)13-20(5,6)14-25-17(18(26)22-21)15-11-24(7)10-9-16(15)23-25;1-2/h8-14H2,1-7H3,(H,22,26);1-2H3. The van der Waals surface area contributed by atoms with E-state index in [1.54, 1.807) is 0 Å². The van der Waals surface area contributed by atoms with Crippen molar-refractivity contribution in [3.63, 3.8) is 0 Å². The number of carbonyl (C=O) groups excluding carboxylic acids is 1. The lowest BCUT2D eigenvalue weighted by Gasteiger charge is -2.45. The van der Waals surface area contributed by atoms with Crippen LogP contribution in [0.1, 0.15) is 96.4 Å². The molecule has 2 aliphatic heterocycles. The molecule has 1 N–H and O–H groups in total. The molecule has 1 unspecified atom stereocenters. The minimum absolute atomic E-state index is 0.0654. The maximum atomic E-state index is 13.4. The highest BCUT2D eigenvalue weighted by atomic mass is 16.2. The molecule has 1 amide bonds. The van der Waals surface area contributed by atoms with Gasteiger partial charge in [0, 0.05) is 37.2 Å². The number of hydrogen-bond donors (Lipinski definition) is 1. The molecule has 0 aromatic carbocycles. The van der Waals surface area contributed by atoms with Crippen LogP contribution in [0.15, 0.2) is 0 Å². The Morgan fingerprint density at radius 1 is 1.21 bits per heavy atom. The number of likely N-dealkylation sites (N-methyl/N-ethyl adjacent to an activating group) is 1. The Hall–Kier alpha value is -1.36. The van der Waals surface area contributed by atoms with Gasteiger partial charge in [-0.3, -0.25) is 9.48 Å². The maximum absolute atomic E-state index is 13.4. The van der Waals surface area contributed by atoms with E-state index in [2.05, 4.69) is 58.8 Å². The van der Waals surface area contributed by atoms with Gasteiger partial charge in [0.25, 0.3) is 5.91 Å². The summed E-state index contributed by atoms with van der Waals surface area (Å²) in [4.78, 5) is 15.7. The lowest BCUT2D eigenvalue weighted by atomic mass is 9.69. The van der Waals surface area contributed by atoms with Crippen molar-refractivity contribution in [2.75, 3.05) is 13.6 Å². The van der Waals surface area contributed by atoms with Gasteiger partial charge in [-0.1, -0.05) is 55.4 Å². The summed E-state index contributed by atoms with van der Waals surface area (Å²) in [7, 11) is 2.12. The second kappa shape index (κ2) is 8.17. The van der Waals surface area contributed by atoms with Crippen LogP contribution < -0.4 is 5.32 Å². The van der Waals surface area contributed by atoms with Gasteiger partial charge in [0.2, 0.25) is 0 Å². The number of nitrogens with one attached hydrogen (secondary N) is 1. The molecule has 0 aliphatic carbocycles. The van der Waals surface area contributed by atoms with E-state index in [-0.39, 0.29) is 22.3 Å². The van der Waals surface area contributed by atoms with Crippen LogP contribution >= 0.6 is 0 Å². The molecule has 0 spiro atoms. The lowest BCUT2D eigenvalue weighted by molar-refractivity contribution is 0.0692. The molecule has 0 bridgehead atoms. The number of carbonyl (C=O) groups is 1. The van der Waals surface area contributed by atoms with Gasteiger partial charge in [0.1, 0.15) is 5.69 Å². The SMILES string of the molecule is CC.CCC1(CC(C)(C)C)CC(C)(C)Cn2nc3c(c2C(=O)N1)CN(C)CC3. The quantitative estimate of drug-likeness (QED) is 0.800. The Labute approximate surface area is 172 Å². The van der Waals surface area contributed by atoms with Crippen molar-refractivity contribution in [2.24, 2.45) is 10.8 Å². The Kier molecular flexibility index (Phi) is 6.69. The largest absolute Gasteiger partial charge is 0.345 e. The minimum Gasteiger partial charge on any atom is -0.345 e. The average molecular weight is 391 g/mol. The highest BCUT2D eigenvalue weighted by molar-refractivity contribution is 5.95. The fraction of sp³-hybridized carbons (Fsp3) is 0.826. The number of nitrogens with zero attached hydrogens (tertiary/aromatic N) is 3. The number of aromatic nitrogens is 2. The van der Waals surface area contributed by atoms with Crippen molar-refractivity contribution in [2.45, 2.75) is 99.7 Å². The number of hydrogen-bond acceptors (Lipinski definition) is 3. The van der Waals surface area contributed by atoms with Crippen LogP contribution in [0.5, 0.6) is 0 Å². The molecule has 160 valence electrons. The molecule has 3 rings (SSSR count). The predicted molar refractivity (Wildman–Crippen MR) is 117 cm³/mol. The first kappa shape index (κ1) is 22.9. The van der Waals surface area contributed by atoms with Gasteiger partial charge in [-0.15, -0.1) is 0 Å². The van der Waals surface area contributed by atoms with E-state index >= 15 is 0 Å². The fourth-order valence-corrected chi connectivity index (χ4v) is 5.11. The van der Waals surface area contributed by atoms with Crippen LogP contribution in [0, 0.1) is 10.8 Å². The summed E-state index contributed by atoms with van der Waals surface area (Å²) in [5, 5.41) is 8.33. The zero-order valence-electron chi connectivity index (χ0n) is 19.7. The van der Waals surface area contributed by atoms with Crippen molar-refractivity contribution in [3.05, 3.63) is 17.0 Å². The Morgan fingerprint density at radius 2 is 1.86 bits per heavy atom. The summed E-state index contributed by atoms with van der Waals surface area (Å²) in [6, 6.07) is 0. The summed E-state index contributed by atoms with van der Waals surface area (Å²) in [6.07, 6.45) is 3.85. The van der Waals surface area contributed by atoms with Crippen LogP contribution in [0.4, 0.5) is 0 Å². The first-order valence-corrected chi connectivity index (χ1v) is 11.0. The molecule has 0 radical (unpaired) electrons. The van der Waals surface area contributed by atoms with Crippen LogP contribution in [-0.2, 0) is 19.5 Å². The number of rotatable bonds is 2. The van der Waals surface area contributed by atoms with Gasteiger partial charge in [-0.25, -0.2) is 0 Å². The lowest BCUT2D eigenvalue weighted by Crippen LogP contribution is -2.55. The maximum Gasteiger partial charge on any atom is 0.270 e. The van der Waals surface area contributed by atoms with Gasteiger partial charge in [-0.2, -0.15) is 5.10 Å². The van der Waals surface area contributed by atoms with E-state index in [4.69, 9.17) is 5.10 Å². The van der Waals surface area contributed by atoms with Crippen molar-refractivity contribution >= 4 is 5.91 Å². The topological polar surface area (TPSA) is 50.2 Å². The molecular formula is C23H42N4O. The summed E-state index contributed by atoms with van der Waals surface area (Å²) in [6.45, 7) is 20.3. The van der Waals surface area contributed by atoms with E-state index in [0.717, 1.165) is 62.3 Å². The average Bonchev–Trinajstić information content (AvgIpc) is 2.89. The molecule has 28 heavy (non-hydrogen) atoms. The molecule has 0 saturated carbocycles. The van der Waals surface area contributed by atoms with Gasteiger partial charge in [0.05, 0.1) is 5.69 Å². The van der Waals surface area contributed by atoms with Crippen molar-refractivity contribution in [1.29, 1.82) is 0 Å². The van der Waals surface area contributed by atoms with Gasteiger partial charge < -0.3 is 10.2 Å². The second-order valence-electron chi connectivity index (χ2n) is 10.6. The molecule has 2 aliphatic rings. The third kappa shape index (κ3) is 4.97. The third-order valence-electron chi connectivity index (χ3n) is 5.83. The molecule has 3 heterocycles. The number of amides is 1. The molecule has 0 fully saturated rings. The van der Waals surface area contributed by atoms with E-state index in [1.807, 2.05) is 18.5 Å². The van der Waals surface area contributed by atoms with Crippen molar-refractivity contribution in [1.82, 2.24) is 20.0 Å². The Morgan fingerprint density at radius 3 is 2.43 bits per heavy atom. The molecular weight excluding hydrogens is 348 g/mol. The zero-order chi connectivity index (χ0) is 21.3. The highest BCUT2D eigenvalue weighted by Gasteiger charge is 2.43. The Balaban J connectivity index is 0.00000136. The third-order valence-corrected chi connectivity index (χ3v) is 5.83. The second-order valence-corrected chi connectivity index (χ2v) is 10.6. The van der Waals surface area contributed by atoms with Crippen LogP contribution in [0.2, 0.25) is 0 Å². The molecule has 1 aromatic heterocycles. The van der Waals surface area contributed by atoms with E-state index in [1.165, 1.54) is 0 Å². The number of fused-ring (bicyclic) bond motifs is 3. The fourth-order valence-electron chi connectivity index (χ4n) is 5.11. The molecule has 5 nitrogen and oxygen atoms in total. The van der Waals surface area contributed by atoms with Crippen LogP contribution in [-0.4, -0.2) is 39.7 Å². The summed E-state index contributed by atoms with van der Waals surface area (Å²) < 4.78 is 2.00. The highest BCUT2D eigenvalue weighted by Crippen LogP contribution is 2.41. The summed E-state index contributed by atoms with van der Waals surface area (Å²) in [5.74, 6) is 0.0654. The van der Waals surface area contributed by atoms with Crippen LogP contribution in [0.3, 0.4) is 0 Å². The van der Waals surface area contributed by atoms with Gasteiger partial charge in [-0.05, 0) is 37.1 Å². The normalized spacial score (nSPS) is 24.8. The van der Waals surface area contributed by atoms with E-state index in [0.29, 0.717) is 0 Å².